The summed E-state index contributed by atoms with van der Waals surface area (Å²) in [6.07, 6.45) is 0.712. The number of hydrogen-bond donors (Lipinski definition) is 2. The average Bonchev–Trinajstić information content (AvgIpc) is 3.14. The first-order valence-electron chi connectivity index (χ1n) is 10.8. The Kier molecular flexibility index (Phi) is 4.96. The van der Waals surface area contributed by atoms with Gasteiger partial charge in [0.25, 0.3) is 11.8 Å². The first-order chi connectivity index (χ1) is 15.8. The first-order valence-corrected chi connectivity index (χ1v) is 10.8. The van der Waals surface area contributed by atoms with Crippen LogP contribution in [0.1, 0.15) is 50.2 Å². The number of benzene rings is 2. The van der Waals surface area contributed by atoms with Gasteiger partial charge in [0.05, 0.1) is 0 Å². The third kappa shape index (κ3) is 3.45. The van der Waals surface area contributed by atoms with Gasteiger partial charge in [-0.2, -0.15) is 0 Å². The number of fused-ring (bicyclic) bond motifs is 2. The lowest BCUT2D eigenvalue weighted by Gasteiger charge is -2.35. The Labute approximate surface area is 189 Å². The molecule has 2 aromatic rings. The lowest BCUT2D eigenvalue weighted by atomic mass is 9.92. The molecule has 0 spiro atoms. The van der Waals surface area contributed by atoms with Crippen molar-refractivity contribution in [3.05, 3.63) is 70.3 Å². The summed E-state index contributed by atoms with van der Waals surface area (Å²) in [6.45, 7) is 0.311. The van der Waals surface area contributed by atoms with Gasteiger partial charge >= 0.3 is 0 Å². The fraction of sp³-hybridized carbons (Fsp3) is 0.292. The Morgan fingerprint density at radius 3 is 2.45 bits per heavy atom. The predicted octanol–water partition coefficient (Wildman–Crippen LogP) is 0.500. The van der Waals surface area contributed by atoms with E-state index in [0.29, 0.717) is 23.1 Å². The van der Waals surface area contributed by atoms with Crippen molar-refractivity contribution in [2.75, 3.05) is 0 Å². The third-order valence-corrected chi connectivity index (χ3v) is 6.65. The van der Waals surface area contributed by atoms with E-state index < -0.39 is 23.9 Å². The van der Waals surface area contributed by atoms with Crippen LogP contribution >= 0.6 is 0 Å². The maximum absolute atomic E-state index is 13.6. The highest BCUT2D eigenvalue weighted by atomic mass is 16.2. The number of nitrogens with zero attached hydrogens (tertiary/aromatic N) is 2. The minimum Gasteiger partial charge on any atom is -0.368 e. The molecule has 0 radical (unpaired) electrons. The highest BCUT2D eigenvalue weighted by Crippen LogP contribution is 2.32. The van der Waals surface area contributed by atoms with E-state index in [2.05, 4.69) is 5.32 Å². The van der Waals surface area contributed by atoms with Crippen LogP contribution in [0.15, 0.2) is 42.5 Å². The molecule has 33 heavy (non-hydrogen) atoms. The molecule has 5 rings (SSSR count). The summed E-state index contributed by atoms with van der Waals surface area (Å²) in [7, 11) is 0. The maximum Gasteiger partial charge on any atom is 0.255 e. The van der Waals surface area contributed by atoms with E-state index in [0.717, 1.165) is 11.1 Å². The normalized spacial score (nSPS) is 22.0. The zero-order valence-electron chi connectivity index (χ0n) is 17.7. The largest absolute Gasteiger partial charge is 0.368 e. The molecule has 3 aliphatic heterocycles. The van der Waals surface area contributed by atoms with Gasteiger partial charge in [-0.25, -0.2) is 0 Å². The number of primary amides is 1. The van der Waals surface area contributed by atoms with Crippen molar-refractivity contribution in [2.24, 2.45) is 5.73 Å². The van der Waals surface area contributed by atoms with Crippen LogP contribution in [-0.2, 0) is 33.9 Å². The predicted molar refractivity (Wildman–Crippen MR) is 115 cm³/mol. The molecule has 0 saturated carbocycles. The van der Waals surface area contributed by atoms with Crippen LogP contribution in [0.4, 0.5) is 0 Å². The van der Waals surface area contributed by atoms with Crippen molar-refractivity contribution in [1.82, 2.24) is 15.1 Å². The number of rotatable bonds is 3. The minimum absolute atomic E-state index is 0.0774. The topological polar surface area (TPSA) is 130 Å². The van der Waals surface area contributed by atoms with E-state index in [1.54, 1.807) is 18.2 Å². The summed E-state index contributed by atoms with van der Waals surface area (Å²) in [5, 5.41) is 2.27. The van der Waals surface area contributed by atoms with E-state index in [4.69, 9.17) is 5.73 Å². The highest BCUT2D eigenvalue weighted by Gasteiger charge is 2.42. The van der Waals surface area contributed by atoms with Crippen LogP contribution < -0.4 is 11.1 Å². The smallest absolute Gasteiger partial charge is 0.255 e. The molecule has 3 aliphatic rings. The second-order valence-electron chi connectivity index (χ2n) is 8.56. The van der Waals surface area contributed by atoms with Crippen molar-refractivity contribution in [3.8, 4) is 0 Å². The van der Waals surface area contributed by atoms with Gasteiger partial charge in [0.15, 0.2) is 0 Å². The second kappa shape index (κ2) is 7.84. The molecule has 9 nitrogen and oxygen atoms in total. The lowest BCUT2D eigenvalue weighted by Crippen LogP contribution is -2.52. The van der Waals surface area contributed by atoms with Crippen molar-refractivity contribution in [2.45, 2.75) is 44.4 Å². The lowest BCUT2D eigenvalue weighted by molar-refractivity contribution is -0.137. The molecular formula is C24H22N4O5. The first kappa shape index (κ1) is 20.9. The molecule has 5 amide bonds. The van der Waals surface area contributed by atoms with Crippen LogP contribution in [0.5, 0.6) is 0 Å². The van der Waals surface area contributed by atoms with Crippen molar-refractivity contribution in [1.29, 1.82) is 0 Å². The zero-order chi connectivity index (χ0) is 23.3. The molecule has 0 aliphatic carbocycles. The quantitative estimate of drug-likeness (QED) is 0.663. The molecule has 3 N–H and O–H groups in total. The fourth-order valence-corrected chi connectivity index (χ4v) is 4.93. The van der Waals surface area contributed by atoms with E-state index in [9.17, 15) is 24.0 Å². The Morgan fingerprint density at radius 1 is 0.970 bits per heavy atom. The Hall–Kier alpha value is -4.01. The third-order valence-electron chi connectivity index (χ3n) is 6.65. The molecule has 3 heterocycles. The summed E-state index contributed by atoms with van der Waals surface area (Å²) in [6, 6.07) is 10.9. The molecule has 0 aromatic heterocycles. The summed E-state index contributed by atoms with van der Waals surface area (Å²) >= 11 is 0. The van der Waals surface area contributed by atoms with Gasteiger partial charge in [0.1, 0.15) is 12.1 Å². The molecule has 2 atom stereocenters. The number of amides is 5. The van der Waals surface area contributed by atoms with Gasteiger partial charge in [-0.15, -0.1) is 0 Å². The van der Waals surface area contributed by atoms with Crippen LogP contribution in [0.2, 0.25) is 0 Å². The number of carbonyl (C=O) groups excluding carboxylic acids is 5. The van der Waals surface area contributed by atoms with Crippen LogP contribution in [0, 0.1) is 0 Å². The van der Waals surface area contributed by atoms with Gasteiger partial charge < -0.3 is 15.5 Å². The summed E-state index contributed by atoms with van der Waals surface area (Å²) in [5.74, 6) is -2.21. The minimum atomic E-state index is -0.799. The van der Waals surface area contributed by atoms with Crippen LogP contribution in [0.3, 0.4) is 0 Å². The van der Waals surface area contributed by atoms with Gasteiger partial charge in [0, 0.05) is 37.1 Å². The fourth-order valence-electron chi connectivity index (χ4n) is 4.93. The molecule has 1 unspecified atom stereocenters. The summed E-state index contributed by atoms with van der Waals surface area (Å²) in [5.41, 5.74) is 8.73. The number of nitrogens with one attached hydrogen (secondary N) is 1. The molecule has 168 valence electrons. The Balaban J connectivity index is 1.47. The van der Waals surface area contributed by atoms with Crippen LogP contribution in [-0.4, -0.2) is 51.4 Å². The maximum atomic E-state index is 13.6. The number of imide groups is 1. The van der Waals surface area contributed by atoms with Gasteiger partial charge in [-0.3, -0.25) is 29.3 Å². The van der Waals surface area contributed by atoms with E-state index in [1.807, 2.05) is 24.3 Å². The van der Waals surface area contributed by atoms with E-state index in [1.165, 1.54) is 9.80 Å². The Morgan fingerprint density at radius 2 is 1.73 bits per heavy atom. The van der Waals surface area contributed by atoms with Crippen LogP contribution in [0.25, 0.3) is 0 Å². The molecular weight excluding hydrogens is 424 g/mol. The number of hydrogen-bond acceptors (Lipinski definition) is 5. The standard InChI is InChI=1S/C24H22N4O5/c25-21(30)19-10-13-4-1-2-5-14(13)11-27(19)23(32)15-6-3-7-16-17(15)12-28(24(16)33)18-8-9-20(29)26-22(18)31/h1-7,18-19H,8-12H2,(H2,25,30)(H,26,29,31)/t18?,19-/m0/s1. The summed E-state index contributed by atoms with van der Waals surface area (Å²) in [4.78, 5) is 65.6. The number of carbonyl (C=O) groups is 5. The van der Waals surface area contributed by atoms with E-state index >= 15 is 0 Å². The molecule has 9 heteroatoms. The average molecular weight is 446 g/mol. The molecule has 1 saturated heterocycles. The second-order valence-corrected chi connectivity index (χ2v) is 8.56. The van der Waals surface area contributed by atoms with Gasteiger partial charge in [-0.05, 0) is 35.2 Å². The Bertz CT molecular complexity index is 1220. The molecule has 1 fully saturated rings. The van der Waals surface area contributed by atoms with Crippen molar-refractivity contribution in [3.63, 3.8) is 0 Å². The van der Waals surface area contributed by atoms with Gasteiger partial charge in [0.2, 0.25) is 17.7 Å². The zero-order valence-corrected chi connectivity index (χ0v) is 17.7. The highest BCUT2D eigenvalue weighted by molar-refractivity contribution is 6.08. The van der Waals surface area contributed by atoms with Crippen molar-refractivity contribution < 1.29 is 24.0 Å². The SMILES string of the molecule is NC(=O)[C@@H]1Cc2ccccc2CN1C(=O)c1cccc2c1CN(C1CCC(=O)NC1=O)C2=O. The molecule has 2 aromatic carbocycles. The van der Waals surface area contributed by atoms with Gasteiger partial charge in [-0.1, -0.05) is 30.3 Å². The van der Waals surface area contributed by atoms with Crippen molar-refractivity contribution >= 4 is 29.5 Å². The monoisotopic (exact) mass is 446 g/mol. The number of piperidine rings is 1. The molecule has 0 bridgehead atoms. The summed E-state index contributed by atoms with van der Waals surface area (Å²) < 4.78 is 0. The number of nitrogens with two attached hydrogens (primary N) is 1. The van der Waals surface area contributed by atoms with E-state index in [-0.39, 0.29) is 43.7 Å².